The van der Waals surface area contributed by atoms with Gasteiger partial charge in [0, 0.05) is 40.4 Å². The van der Waals surface area contributed by atoms with E-state index in [9.17, 15) is 4.79 Å². The van der Waals surface area contributed by atoms with Crippen molar-refractivity contribution in [3.63, 3.8) is 0 Å². The number of carbonyl (C=O) groups is 1. The number of amides is 1. The highest BCUT2D eigenvalue weighted by atomic mass is 16.7. The van der Waals surface area contributed by atoms with E-state index in [2.05, 4.69) is 15.6 Å². The van der Waals surface area contributed by atoms with E-state index in [1.54, 1.807) is 14.1 Å². The molecule has 0 atom stereocenters. The number of nitrogens with one attached hydrogen (secondary N) is 2. The Hall–Kier alpha value is -2.48. The monoisotopic (exact) mass is 378 g/mol. The molecule has 0 saturated carbocycles. The highest BCUT2D eigenvalue weighted by Gasteiger charge is 2.13. The van der Waals surface area contributed by atoms with Crippen molar-refractivity contribution in [2.45, 2.75) is 19.8 Å². The summed E-state index contributed by atoms with van der Waals surface area (Å²) in [5.41, 5.74) is 1.15. The molecule has 0 unspecified atom stereocenters. The van der Waals surface area contributed by atoms with E-state index in [-0.39, 0.29) is 19.2 Å². The molecular weight excluding hydrogens is 348 g/mol. The number of ether oxygens (including phenoxy) is 3. The fourth-order valence-electron chi connectivity index (χ4n) is 2.41. The summed E-state index contributed by atoms with van der Waals surface area (Å²) in [7, 11) is 3.44. The first-order chi connectivity index (χ1) is 13.1. The van der Waals surface area contributed by atoms with Gasteiger partial charge in [-0.05, 0) is 37.5 Å². The highest BCUT2D eigenvalue weighted by Crippen LogP contribution is 2.32. The molecule has 2 N–H and O–H groups in total. The molecular formula is C19H30N4O4. The third-order valence-corrected chi connectivity index (χ3v) is 3.98. The number of hydrogen-bond donors (Lipinski definition) is 2. The molecule has 1 aromatic carbocycles. The predicted octanol–water partition coefficient (Wildman–Crippen LogP) is 1.01. The number of guanidine groups is 1. The fourth-order valence-corrected chi connectivity index (χ4v) is 2.41. The molecule has 0 saturated heterocycles. The largest absolute Gasteiger partial charge is 0.454 e. The number of nitrogens with zero attached hydrogens (tertiary/aromatic N) is 2. The van der Waals surface area contributed by atoms with Gasteiger partial charge in [0.2, 0.25) is 12.7 Å². The van der Waals surface area contributed by atoms with E-state index in [0.717, 1.165) is 36.4 Å². The molecule has 8 nitrogen and oxygen atoms in total. The Labute approximate surface area is 160 Å². The highest BCUT2D eigenvalue weighted by molar-refractivity contribution is 5.84. The van der Waals surface area contributed by atoms with Crippen LogP contribution in [0.4, 0.5) is 0 Å². The minimum atomic E-state index is -0.0406. The molecule has 0 aliphatic carbocycles. The van der Waals surface area contributed by atoms with Gasteiger partial charge >= 0.3 is 0 Å². The van der Waals surface area contributed by atoms with Crippen molar-refractivity contribution in [3.8, 4) is 11.5 Å². The van der Waals surface area contributed by atoms with E-state index < -0.39 is 0 Å². The summed E-state index contributed by atoms with van der Waals surface area (Å²) >= 11 is 0. The van der Waals surface area contributed by atoms with Crippen molar-refractivity contribution < 1.29 is 19.0 Å². The molecule has 1 aliphatic heterocycles. The first-order valence-electron chi connectivity index (χ1n) is 9.28. The van der Waals surface area contributed by atoms with E-state index >= 15 is 0 Å². The molecule has 150 valence electrons. The fraction of sp³-hybridized carbons (Fsp3) is 0.579. The lowest BCUT2D eigenvalue weighted by atomic mass is 10.1. The van der Waals surface area contributed by atoms with Crippen LogP contribution in [0.15, 0.2) is 23.2 Å². The summed E-state index contributed by atoms with van der Waals surface area (Å²) in [5, 5.41) is 6.52. The molecule has 27 heavy (non-hydrogen) atoms. The van der Waals surface area contributed by atoms with Gasteiger partial charge in [0.25, 0.3) is 0 Å². The number of aliphatic imine (C=N–C) groups is 1. The smallest absolute Gasteiger partial charge is 0.243 e. The maximum atomic E-state index is 11.8. The van der Waals surface area contributed by atoms with Crippen molar-refractivity contribution in [1.82, 2.24) is 15.5 Å². The van der Waals surface area contributed by atoms with Crippen LogP contribution < -0.4 is 20.1 Å². The maximum Gasteiger partial charge on any atom is 0.243 e. The van der Waals surface area contributed by atoms with Gasteiger partial charge in [-0.1, -0.05) is 6.07 Å². The van der Waals surface area contributed by atoms with Crippen LogP contribution >= 0.6 is 0 Å². The average molecular weight is 378 g/mol. The van der Waals surface area contributed by atoms with Crippen molar-refractivity contribution in [1.29, 1.82) is 0 Å². The lowest BCUT2D eigenvalue weighted by Gasteiger charge is -2.14. The molecule has 0 aromatic heterocycles. The second kappa shape index (κ2) is 11.3. The first kappa shape index (κ1) is 20.8. The standard InChI is InChI=1S/C19H30N4O4/c1-4-25-11-5-9-20-19(22-13-18(24)23(2)3)21-10-8-15-6-7-16-17(12-15)27-14-26-16/h6-7,12H,4-5,8-11,13-14H2,1-3H3,(H2,20,21,22). The Bertz CT molecular complexity index is 634. The summed E-state index contributed by atoms with van der Waals surface area (Å²) in [4.78, 5) is 17.7. The average Bonchev–Trinajstić information content (AvgIpc) is 3.12. The van der Waals surface area contributed by atoms with Crippen molar-refractivity contribution >= 4 is 11.9 Å². The molecule has 0 bridgehead atoms. The minimum absolute atomic E-state index is 0.0406. The summed E-state index contributed by atoms with van der Waals surface area (Å²) in [6.07, 6.45) is 1.68. The lowest BCUT2D eigenvalue weighted by Crippen LogP contribution is -2.40. The zero-order chi connectivity index (χ0) is 19.5. The third-order valence-electron chi connectivity index (χ3n) is 3.98. The summed E-state index contributed by atoms with van der Waals surface area (Å²) < 4.78 is 16.1. The van der Waals surface area contributed by atoms with Crippen LogP contribution in [0.1, 0.15) is 18.9 Å². The minimum Gasteiger partial charge on any atom is -0.454 e. The van der Waals surface area contributed by atoms with Crippen LogP contribution in [0.3, 0.4) is 0 Å². The van der Waals surface area contributed by atoms with Gasteiger partial charge in [-0.15, -0.1) is 0 Å². The zero-order valence-corrected chi connectivity index (χ0v) is 16.4. The van der Waals surface area contributed by atoms with Crippen molar-refractivity contribution in [2.24, 2.45) is 4.99 Å². The lowest BCUT2D eigenvalue weighted by molar-refractivity contribution is -0.127. The Morgan fingerprint density at radius 1 is 1.22 bits per heavy atom. The van der Waals surface area contributed by atoms with Crippen LogP contribution in [0.2, 0.25) is 0 Å². The van der Waals surface area contributed by atoms with Gasteiger partial charge in [0.15, 0.2) is 17.5 Å². The molecule has 1 heterocycles. The van der Waals surface area contributed by atoms with E-state index in [1.165, 1.54) is 4.90 Å². The summed E-state index contributed by atoms with van der Waals surface area (Å²) in [6, 6.07) is 5.94. The summed E-state index contributed by atoms with van der Waals surface area (Å²) in [5.74, 6) is 2.16. The predicted molar refractivity (Wildman–Crippen MR) is 104 cm³/mol. The number of likely N-dealkylation sites (N-methyl/N-ethyl adjacent to an activating group) is 1. The molecule has 1 aliphatic rings. The van der Waals surface area contributed by atoms with Gasteiger partial charge in [0.1, 0.15) is 6.54 Å². The van der Waals surface area contributed by atoms with E-state index in [4.69, 9.17) is 14.2 Å². The Kier molecular flexibility index (Phi) is 8.70. The summed E-state index contributed by atoms with van der Waals surface area (Å²) in [6.45, 7) is 5.19. The Balaban J connectivity index is 1.82. The van der Waals surface area contributed by atoms with Gasteiger partial charge < -0.3 is 29.7 Å². The molecule has 0 fully saturated rings. The topological polar surface area (TPSA) is 84.4 Å². The quantitative estimate of drug-likeness (QED) is 0.359. The molecule has 2 rings (SSSR count). The number of carbonyl (C=O) groups excluding carboxylic acids is 1. The van der Waals surface area contributed by atoms with Gasteiger partial charge in [0.05, 0.1) is 0 Å². The molecule has 8 heteroatoms. The molecule has 0 spiro atoms. The molecule has 0 radical (unpaired) electrons. The molecule has 1 aromatic rings. The second-order valence-corrected chi connectivity index (χ2v) is 6.29. The maximum absolute atomic E-state index is 11.8. The SMILES string of the molecule is CCOCCCNC(=NCC(=O)N(C)C)NCCc1ccc2c(c1)OCO2. The van der Waals surface area contributed by atoms with Crippen LogP contribution in [-0.2, 0) is 16.0 Å². The van der Waals surface area contributed by atoms with Crippen LogP contribution in [0.25, 0.3) is 0 Å². The van der Waals surface area contributed by atoms with Crippen molar-refractivity contribution in [2.75, 3.05) is 53.7 Å². The normalized spacial score (nSPS) is 12.8. The number of fused-ring (bicyclic) bond motifs is 1. The van der Waals surface area contributed by atoms with Crippen molar-refractivity contribution in [3.05, 3.63) is 23.8 Å². The number of benzene rings is 1. The number of rotatable bonds is 10. The second-order valence-electron chi connectivity index (χ2n) is 6.29. The van der Waals surface area contributed by atoms with Gasteiger partial charge in [-0.2, -0.15) is 0 Å². The van der Waals surface area contributed by atoms with Crippen LogP contribution in [0.5, 0.6) is 11.5 Å². The van der Waals surface area contributed by atoms with E-state index in [0.29, 0.717) is 25.7 Å². The Morgan fingerprint density at radius 2 is 2.00 bits per heavy atom. The van der Waals surface area contributed by atoms with E-state index in [1.807, 2.05) is 25.1 Å². The van der Waals surface area contributed by atoms with Gasteiger partial charge in [-0.25, -0.2) is 4.99 Å². The van der Waals surface area contributed by atoms with Gasteiger partial charge in [-0.3, -0.25) is 4.79 Å². The molecule has 1 amide bonds. The first-order valence-corrected chi connectivity index (χ1v) is 9.28. The van der Waals surface area contributed by atoms with Crippen LogP contribution in [0, 0.1) is 0 Å². The number of hydrogen-bond acceptors (Lipinski definition) is 5. The third kappa shape index (κ3) is 7.34. The zero-order valence-electron chi connectivity index (χ0n) is 16.4. The van der Waals surface area contributed by atoms with Crippen LogP contribution in [-0.4, -0.2) is 70.5 Å². The Morgan fingerprint density at radius 3 is 2.78 bits per heavy atom.